The predicted molar refractivity (Wildman–Crippen MR) is 174 cm³/mol. The number of hydrogen-bond acceptors (Lipinski definition) is 6. The van der Waals surface area contributed by atoms with Gasteiger partial charge in [-0.15, -0.1) is 0 Å². The van der Waals surface area contributed by atoms with Crippen molar-refractivity contribution in [2.75, 3.05) is 19.3 Å². The molecule has 0 bridgehead atoms. The number of carbonyl (C=O) groups excluding carboxylic acids is 2. The Hall–Kier alpha value is -3.98. The molecule has 246 valence electrons. The molecule has 3 N–H and O–H groups in total. The van der Waals surface area contributed by atoms with Crippen LogP contribution in [0.4, 0.5) is 4.79 Å². The minimum Gasteiger partial charge on any atom is -0.480 e. The molecule has 0 aromatic heterocycles. The Balaban J connectivity index is 1.35. The molecule has 0 aliphatic heterocycles. The first-order valence-electron chi connectivity index (χ1n) is 15.8. The number of nitrogens with one attached hydrogen (secondary N) is 1. The van der Waals surface area contributed by atoms with Crippen LogP contribution in [0.25, 0.3) is 0 Å². The molecule has 1 unspecified atom stereocenters. The fourth-order valence-electron chi connectivity index (χ4n) is 5.65. The third-order valence-electron chi connectivity index (χ3n) is 8.00. The highest BCUT2D eigenvalue weighted by molar-refractivity contribution is 7.52. The lowest BCUT2D eigenvalue weighted by molar-refractivity contribution is -0.150. The Bertz CT molecular complexity index is 1440. The highest BCUT2D eigenvalue weighted by Gasteiger charge is 2.37. The van der Waals surface area contributed by atoms with E-state index >= 15 is 0 Å². The molecule has 10 nitrogen and oxygen atoms in total. The predicted octanol–water partition coefficient (Wildman–Crippen LogP) is 5.76. The van der Waals surface area contributed by atoms with E-state index < -0.39 is 44.3 Å². The molecule has 1 aliphatic carbocycles. The van der Waals surface area contributed by atoms with Gasteiger partial charge in [-0.25, -0.2) is 4.79 Å². The summed E-state index contributed by atoms with van der Waals surface area (Å²) in [7, 11) is -4.18. The minimum atomic E-state index is -4.18. The largest absolute Gasteiger partial charge is 0.480 e. The van der Waals surface area contributed by atoms with Crippen molar-refractivity contribution >= 4 is 25.6 Å². The maximum atomic E-state index is 13.9. The molecule has 11 heteroatoms. The number of ether oxygens (including phenoxy) is 1. The summed E-state index contributed by atoms with van der Waals surface area (Å²) in [5.41, 5.74) is 4.08. The Morgan fingerprint density at radius 1 is 0.848 bits per heavy atom. The number of nitrogens with zero attached hydrogens (tertiary/aromatic N) is 1. The number of benzene rings is 3. The highest BCUT2D eigenvalue weighted by atomic mass is 31.2. The summed E-state index contributed by atoms with van der Waals surface area (Å²) >= 11 is 0. The minimum absolute atomic E-state index is 0.0872. The number of amides is 2. The smallest absolute Gasteiger partial charge is 0.407 e. The lowest BCUT2D eigenvalue weighted by atomic mass is 10.1. The van der Waals surface area contributed by atoms with E-state index in [4.69, 9.17) is 9.26 Å². The van der Waals surface area contributed by atoms with Crippen molar-refractivity contribution in [1.82, 2.24) is 10.2 Å². The van der Waals surface area contributed by atoms with E-state index in [0.717, 1.165) is 28.7 Å². The molecule has 0 saturated heterocycles. The van der Waals surface area contributed by atoms with Crippen molar-refractivity contribution in [3.63, 3.8) is 0 Å². The van der Waals surface area contributed by atoms with Crippen LogP contribution in [0.3, 0.4) is 0 Å². The second-order valence-electron chi connectivity index (χ2n) is 11.6. The van der Waals surface area contributed by atoms with E-state index in [1.54, 1.807) is 0 Å². The zero-order valence-corrected chi connectivity index (χ0v) is 26.9. The van der Waals surface area contributed by atoms with Crippen LogP contribution in [-0.4, -0.2) is 64.3 Å². The molecule has 3 aromatic carbocycles. The monoisotopic (exact) mass is 650 g/mol. The fourth-order valence-corrected chi connectivity index (χ4v) is 6.97. The second-order valence-corrected chi connectivity index (χ2v) is 13.5. The van der Waals surface area contributed by atoms with Gasteiger partial charge in [0.15, 0.2) is 0 Å². The first kappa shape index (κ1) is 34.9. The Morgan fingerprint density at radius 2 is 1.46 bits per heavy atom. The van der Waals surface area contributed by atoms with Gasteiger partial charge in [0.25, 0.3) is 5.91 Å². The van der Waals surface area contributed by atoms with Crippen molar-refractivity contribution in [3.8, 4) is 0 Å². The summed E-state index contributed by atoms with van der Waals surface area (Å²) in [5.74, 6) is -1.79. The maximum Gasteiger partial charge on any atom is 0.407 e. The van der Waals surface area contributed by atoms with E-state index in [9.17, 15) is 28.9 Å². The molecule has 0 radical (unpaired) electrons. The number of alkyl carbamates (subject to hydrolysis) is 1. The first-order valence-corrected chi connectivity index (χ1v) is 17.5. The molecule has 2 atom stereocenters. The van der Waals surface area contributed by atoms with Gasteiger partial charge in [-0.2, -0.15) is 0 Å². The molecule has 0 saturated carbocycles. The Kier molecular flexibility index (Phi) is 13.4. The SMILES string of the molecule is O=C(O)CN(C(=O)[C@H](CCCCNC(=O)OCc1ccccc1)OP(=O)(O)CCCCc1ccccc1)C1Cc2ccccc2C1. The molecule has 0 heterocycles. The van der Waals surface area contributed by atoms with E-state index in [1.807, 2.05) is 84.9 Å². The first-order chi connectivity index (χ1) is 22.2. The quantitative estimate of drug-likeness (QED) is 0.117. The highest BCUT2D eigenvalue weighted by Crippen LogP contribution is 2.45. The van der Waals surface area contributed by atoms with Gasteiger partial charge in [-0.05, 0) is 73.6 Å². The van der Waals surface area contributed by atoms with Gasteiger partial charge < -0.3 is 25.0 Å². The zero-order valence-electron chi connectivity index (χ0n) is 26.0. The van der Waals surface area contributed by atoms with E-state index in [2.05, 4.69) is 5.32 Å². The molecule has 2 amide bonds. The van der Waals surface area contributed by atoms with Crippen molar-refractivity contribution in [1.29, 1.82) is 0 Å². The molecule has 3 aromatic rings. The number of hydrogen-bond donors (Lipinski definition) is 3. The van der Waals surface area contributed by atoms with Crippen molar-refractivity contribution < 1.29 is 38.2 Å². The van der Waals surface area contributed by atoms with Gasteiger partial charge in [0.1, 0.15) is 19.3 Å². The summed E-state index contributed by atoms with van der Waals surface area (Å²) in [6.07, 6.45) is 1.76. The number of carboxylic acid groups (broad SMARTS) is 1. The molecule has 1 aliphatic rings. The number of aryl methyl sites for hydroxylation is 1. The van der Waals surface area contributed by atoms with Gasteiger partial charge >= 0.3 is 19.7 Å². The van der Waals surface area contributed by atoms with E-state index in [1.165, 1.54) is 4.90 Å². The molecule has 0 spiro atoms. The molecular formula is C35H43N2O8P. The van der Waals surface area contributed by atoms with Crippen LogP contribution >= 0.6 is 7.60 Å². The average molecular weight is 651 g/mol. The van der Waals surface area contributed by atoms with Crippen LogP contribution in [0, 0.1) is 0 Å². The zero-order chi connectivity index (χ0) is 32.8. The summed E-state index contributed by atoms with van der Waals surface area (Å²) in [6, 6.07) is 26.4. The van der Waals surface area contributed by atoms with Gasteiger partial charge in [-0.3, -0.25) is 18.7 Å². The van der Waals surface area contributed by atoms with Gasteiger partial charge in [0.2, 0.25) is 0 Å². The van der Waals surface area contributed by atoms with Crippen LogP contribution in [0.15, 0.2) is 84.9 Å². The second kappa shape index (κ2) is 17.6. The summed E-state index contributed by atoms with van der Waals surface area (Å²) in [4.78, 5) is 50.0. The standard InChI is InChI=1S/C35H43N2O8P/c38-33(39)25-37(31-23-29-18-7-8-19-30(29)24-31)34(40)32(45-46(42,43)22-12-10-15-27-13-3-1-4-14-27)20-9-11-21-36-35(41)44-26-28-16-5-2-6-17-28/h1-8,13-14,16-19,31-32H,9-12,15,20-26H2,(H,36,41)(H,38,39)(H,42,43)/t32-/m0/s1. The number of carboxylic acids is 1. The molecule has 4 rings (SSSR count). The number of unbranched alkanes of at least 4 members (excludes halogenated alkanes) is 2. The summed E-state index contributed by atoms with van der Waals surface area (Å²) in [6.45, 7) is -0.140. The van der Waals surface area contributed by atoms with Crippen molar-refractivity contribution in [2.45, 2.75) is 70.1 Å². The third-order valence-corrected chi connectivity index (χ3v) is 9.47. The summed E-state index contributed by atoms with van der Waals surface area (Å²) in [5, 5.41) is 12.4. The van der Waals surface area contributed by atoms with Crippen LogP contribution < -0.4 is 5.32 Å². The van der Waals surface area contributed by atoms with Crippen molar-refractivity contribution in [3.05, 3.63) is 107 Å². The van der Waals surface area contributed by atoms with Crippen LogP contribution in [0.5, 0.6) is 0 Å². The van der Waals surface area contributed by atoms with E-state index in [-0.39, 0.29) is 25.7 Å². The molecular weight excluding hydrogens is 607 g/mol. The van der Waals surface area contributed by atoms with E-state index in [0.29, 0.717) is 38.5 Å². The molecule has 0 fully saturated rings. The topological polar surface area (TPSA) is 142 Å². The number of fused-ring (bicyclic) bond motifs is 1. The van der Waals surface area contributed by atoms with Crippen LogP contribution in [-0.2, 0) is 49.3 Å². The maximum absolute atomic E-state index is 13.9. The molecule has 46 heavy (non-hydrogen) atoms. The number of rotatable bonds is 18. The number of aliphatic carboxylic acids is 1. The van der Waals surface area contributed by atoms with Crippen LogP contribution in [0.2, 0.25) is 0 Å². The number of carbonyl (C=O) groups is 3. The van der Waals surface area contributed by atoms with Crippen LogP contribution in [0.1, 0.15) is 54.4 Å². The lowest BCUT2D eigenvalue weighted by Crippen LogP contribution is -2.49. The van der Waals surface area contributed by atoms with Gasteiger partial charge in [-0.1, -0.05) is 84.9 Å². The Labute approximate surface area is 270 Å². The normalized spacial score (nSPS) is 14.5. The lowest BCUT2D eigenvalue weighted by Gasteiger charge is -2.32. The Morgan fingerprint density at radius 3 is 2.09 bits per heavy atom. The van der Waals surface area contributed by atoms with Crippen molar-refractivity contribution in [2.24, 2.45) is 0 Å². The van der Waals surface area contributed by atoms with Gasteiger partial charge in [0.05, 0.1) is 6.16 Å². The van der Waals surface area contributed by atoms with Gasteiger partial charge in [0, 0.05) is 12.6 Å². The summed E-state index contributed by atoms with van der Waals surface area (Å²) < 4.78 is 24.1. The average Bonchev–Trinajstić information content (AvgIpc) is 3.49. The third kappa shape index (κ3) is 11.4. The fraction of sp³-hybridized carbons (Fsp3) is 0.400.